The highest BCUT2D eigenvalue weighted by atomic mass is 16.6. The lowest BCUT2D eigenvalue weighted by Gasteiger charge is -2.18. The second-order valence-electron chi connectivity index (χ2n) is 6.84. The van der Waals surface area contributed by atoms with Crippen molar-refractivity contribution in [3.63, 3.8) is 0 Å². The molecule has 0 heterocycles. The van der Waals surface area contributed by atoms with Gasteiger partial charge in [0, 0.05) is 11.5 Å². The van der Waals surface area contributed by atoms with Crippen molar-refractivity contribution >= 4 is 23.4 Å². The van der Waals surface area contributed by atoms with Gasteiger partial charge in [-0.3, -0.25) is 14.9 Å². The van der Waals surface area contributed by atoms with Gasteiger partial charge in [-0.25, -0.2) is 0 Å². The number of hydrogen-bond donors (Lipinski definition) is 1. The lowest BCUT2D eigenvalue weighted by Crippen LogP contribution is -2.17. The molecule has 0 spiro atoms. The van der Waals surface area contributed by atoms with E-state index in [0.29, 0.717) is 5.75 Å². The van der Waals surface area contributed by atoms with Crippen molar-refractivity contribution in [2.75, 3.05) is 12.4 Å². The van der Waals surface area contributed by atoms with Crippen LogP contribution in [0.25, 0.3) is 6.08 Å². The van der Waals surface area contributed by atoms with Crippen LogP contribution in [-0.2, 0) is 16.6 Å². The molecule has 1 aliphatic rings. The molecular formula is C20H20N2O4. The number of nitro benzene ring substituents is 1. The molecule has 3 rings (SSSR count). The van der Waals surface area contributed by atoms with E-state index in [-0.39, 0.29) is 29.1 Å². The highest BCUT2D eigenvalue weighted by Gasteiger charge is 2.29. The van der Waals surface area contributed by atoms with Crippen LogP contribution in [0.1, 0.15) is 30.5 Å². The van der Waals surface area contributed by atoms with E-state index in [1.807, 2.05) is 26.0 Å². The van der Waals surface area contributed by atoms with Gasteiger partial charge in [0.1, 0.15) is 11.4 Å². The molecule has 0 saturated heterocycles. The maximum atomic E-state index is 12.4. The van der Waals surface area contributed by atoms with Gasteiger partial charge in [0.25, 0.3) is 5.69 Å². The largest absolute Gasteiger partial charge is 0.497 e. The molecule has 26 heavy (non-hydrogen) atoms. The minimum atomic E-state index is -0.461. The van der Waals surface area contributed by atoms with Crippen molar-refractivity contribution < 1.29 is 14.5 Å². The number of anilines is 1. The molecule has 0 fully saturated rings. The summed E-state index contributed by atoms with van der Waals surface area (Å²) >= 11 is 0. The molecule has 0 aliphatic heterocycles. The summed E-state index contributed by atoms with van der Waals surface area (Å²) in [5.41, 5.74) is 2.44. The SMILES string of the molecule is COc1ccc(CC(=O)Nc2cc3c(cc2[N+](=O)[O-])C(C)(C)C=C3)cc1. The van der Waals surface area contributed by atoms with E-state index in [0.717, 1.165) is 16.7 Å². The number of fused-ring (bicyclic) bond motifs is 1. The molecule has 134 valence electrons. The zero-order valence-electron chi connectivity index (χ0n) is 14.9. The number of benzene rings is 2. The smallest absolute Gasteiger partial charge is 0.293 e. The van der Waals surface area contributed by atoms with Crippen LogP contribution < -0.4 is 10.1 Å². The standard InChI is InChI=1S/C20H20N2O4/c1-20(2)9-8-14-11-17(18(22(24)25)12-16(14)20)21-19(23)10-13-4-6-15(26-3)7-5-13/h4-9,11-12H,10H2,1-3H3,(H,21,23). The quantitative estimate of drug-likeness (QED) is 0.649. The van der Waals surface area contributed by atoms with Gasteiger partial charge in [-0.15, -0.1) is 0 Å². The number of amides is 1. The maximum absolute atomic E-state index is 12.4. The summed E-state index contributed by atoms with van der Waals surface area (Å²) in [5, 5.41) is 14.1. The summed E-state index contributed by atoms with van der Waals surface area (Å²) in [6.07, 6.45) is 4.06. The number of methoxy groups -OCH3 is 1. The maximum Gasteiger partial charge on any atom is 0.293 e. The Morgan fingerprint density at radius 1 is 1.23 bits per heavy atom. The van der Waals surface area contributed by atoms with Crippen molar-refractivity contribution in [2.45, 2.75) is 25.7 Å². The van der Waals surface area contributed by atoms with E-state index in [1.54, 1.807) is 43.5 Å². The summed E-state index contributed by atoms with van der Waals surface area (Å²) in [4.78, 5) is 23.4. The van der Waals surface area contributed by atoms with Crippen LogP contribution in [0, 0.1) is 10.1 Å². The van der Waals surface area contributed by atoms with Gasteiger partial charge in [-0.2, -0.15) is 0 Å². The van der Waals surface area contributed by atoms with E-state index >= 15 is 0 Å². The fraction of sp³-hybridized carbons (Fsp3) is 0.250. The van der Waals surface area contributed by atoms with Crippen molar-refractivity contribution in [1.29, 1.82) is 0 Å². The Balaban J connectivity index is 1.83. The number of allylic oxidation sites excluding steroid dienone is 1. The average Bonchev–Trinajstić information content (AvgIpc) is 2.89. The second kappa shape index (κ2) is 6.63. The lowest BCUT2D eigenvalue weighted by molar-refractivity contribution is -0.384. The highest BCUT2D eigenvalue weighted by Crippen LogP contribution is 2.40. The van der Waals surface area contributed by atoms with E-state index < -0.39 is 4.92 Å². The third kappa shape index (κ3) is 3.44. The van der Waals surface area contributed by atoms with Crippen molar-refractivity contribution in [1.82, 2.24) is 0 Å². The van der Waals surface area contributed by atoms with Crippen LogP contribution >= 0.6 is 0 Å². The molecule has 0 radical (unpaired) electrons. The fourth-order valence-electron chi connectivity index (χ4n) is 3.06. The van der Waals surface area contributed by atoms with Crippen LogP contribution in [0.5, 0.6) is 5.75 Å². The molecule has 0 saturated carbocycles. The monoisotopic (exact) mass is 352 g/mol. The zero-order chi connectivity index (χ0) is 18.9. The first kappa shape index (κ1) is 17.7. The second-order valence-corrected chi connectivity index (χ2v) is 6.84. The topological polar surface area (TPSA) is 81.5 Å². The molecule has 2 aromatic rings. The summed E-state index contributed by atoms with van der Waals surface area (Å²) in [6.45, 7) is 4.00. The number of rotatable bonds is 5. The Morgan fingerprint density at radius 2 is 1.92 bits per heavy atom. The summed E-state index contributed by atoms with van der Waals surface area (Å²) in [6, 6.07) is 10.4. The van der Waals surface area contributed by atoms with Crippen LogP contribution in [0.4, 0.5) is 11.4 Å². The molecular weight excluding hydrogens is 332 g/mol. The average molecular weight is 352 g/mol. The first-order valence-electron chi connectivity index (χ1n) is 8.25. The van der Waals surface area contributed by atoms with Gasteiger partial charge in [0.2, 0.25) is 5.91 Å². The Hall–Kier alpha value is -3.15. The number of nitrogens with zero attached hydrogens (tertiary/aromatic N) is 1. The Labute approximate surface area is 151 Å². The van der Waals surface area contributed by atoms with Crippen LogP contribution in [0.3, 0.4) is 0 Å². The van der Waals surface area contributed by atoms with Gasteiger partial charge in [-0.1, -0.05) is 38.1 Å². The van der Waals surface area contributed by atoms with Gasteiger partial charge < -0.3 is 10.1 Å². The van der Waals surface area contributed by atoms with Gasteiger partial charge >= 0.3 is 0 Å². The van der Waals surface area contributed by atoms with Gasteiger partial charge in [0.15, 0.2) is 0 Å². The zero-order valence-corrected chi connectivity index (χ0v) is 14.9. The van der Waals surface area contributed by atoms with Crippen LogP contribution in [-0.4, -0.2) is 17.9 Å². The van der Waals surface area contributed by atoms with Crippen molar-refractivity contribution in [3.05, 3.63) is 69.3 Å². The number of carbonyl (C=O) groups excluding carboxylic acids is 1. The third-order valence-electron chi connectivity index (χ3n) is 4.54. The lowest BCUT2D eigenvalue weighted by atomic mass is 9.86. The van der Waals surface area contributed by atoms with Gasteiger partial charge in [-0.05, 0) is 34.9 Å². The molecule has 6 nitrogen and oxygen atoms in total. The van der Waals surface area contributed by atoms with Crippen LogP contribution in [0.15, 0.2) is 42.5 Å². The normalized spacial score (nSPS) is 14.0. The third-order valence-corrected chi connectivity index (χ3v) is 4.54. The van der Waals surface area contributed by atoms with Crippen molar-refractivity contribution in [3.8, 4) is 5.75 Å². The minimum absolute atomic E-state index is 0.0939. The molecule has 0 unspecified atom stereocenters. The summed E-state index contributed by atoms with van der Waals surface area (Å²) in [7, 11) is 1.57. The highest BCUT2D eigenvalue weighted by molar-refractivity contribution is 5.95. The number of carbonyl (C=O) groups is 1. The molecule has 1 aliphatic carbocycles. The number of hydrogen-bond acceptors (Lipinski definition) is 4. The fourth-order valence-corrected chi connectivity index (χ4v) is 3.06. The van der Waals surface area contributed by atoms with Crippen molar-refractivity contribution in [2.24, 2.45) is 0 Å². The molecule has 2 aromatic carbocycles. The van der Waals surface area contributed by atoms with E-state index in [2.05, 4.69) is 5.32 Å². The predicted molar refractivity (Wildman–Crippen MR) is 100 cm³/mol. The van der Waals surface area contributed by atoms with E-state index in [1.165, 1.54) is 0 Å². The number of ether oxygens (including phenoxy) is 1. The molecule has 6 heteroatoms. The molecule has 0 atom stereocenters. The molecule has 1 amide bonds. The summed E-state index contributed by atoms with van der Waals surface area (Å²) in [5.74, 6) is 0.400. The number of nitrogens with one attached hydrogen (secondary N) is 1. The minimum Gasteiger partial charge on any atom is -0.497 e. The Kier molecular flexibility index (Phi) is 4.50. The first-order valence-corrected chi connectivity index (χ1v) is 8.25. The van der Waals surface area contributed by atoms with E-state index in [4.69, 9.17) is 4.74 Å². The predicted octanol–water partition coefficient (Wildman–Crippen LogP) is 4.09. The molecule has 0 aromatic heterocycles. The first-order chi connectivity index (χ1) is 12.3. The molecule has 1 N–H and O–H groups in total. The number of nitro groups is 1. The van der Waals surface area contributed by atoms with E-state index in [9.17, 15) is 14.9 Å². The summed E-state index contributed by atoms with van der Waals surface area (Å²) < 4.78 is 5.09. The molecule has 0 bridgehead atoms. The van der Waals surface area contributed by atoms with Gasteiger partial charge in [0.05, 0.1) is 18.5 Å². The van der Waals surface area contributed by atoms with Crippen LogP contribution in [0.2, 0.25) is 0 Å². The Bertz CT molecular complexity index is 899. The Morgan fingerprint density at radius 3 is 2.54 bits per heavy atom.